The van der Waals surface area contributed by atoms with E-state index in [1.54, 1.807) is 12.4 Å². The lowest BCUT2D eigenvalue weighted by Gasteiger charge is -2.32. The van der Waals surface area contributed by atoms with E-state index >= 15 is 0 Å². The van der Waals surface area contributed by atoms with Gasteiger partial charge in [0.2, 0.25) is 0 Å². The Morgan fingerprint density at radius 3 is 2.58 bits per heavy atom. The summed E-state index contributed by atoms with van der Waals surface area (Å²) in [6, 6.07) is 11.5. The highest BCUT2D eigenvalue weighted by Gasteiger charge is 2.23. The van der Waals surface area contributed by atoms with E-state index in [4.69, 9.17) is 9.47 Å². The van der Waals surface area contributed by atoms with Gasteiger partial charge in [-0.1, -0.05) is 18.2 Å². The molecule has 3 rings (SSSR count). The van der Waals surface area contributed by atoms with E-state index in [0.29, 0.717) is 12.5 Å². The molecule has 1 aromatic carbocycles. The summed E-state index contributed by atoms with van der Waals surface area (Å²) in [5.41, 5.74) is 1.05. The van der Waals surface area contributed by atoms with Crippen LogP contribution in [0.4, 0.5) is 0 Å². The van der Waals surface area contributed by atoms with E-state index in [1.807, 2.05) is 48.2 Å². The van der Waals surface area contributed by atoms with Gasteiger partial charge in [-0.25, -0.2) is 0 Å². The van der Waals surface area contributed by atoms with Crippen LogP contribution in [0.1, 0.15) is 24.8 Å². The Morgan fingerprint density at radius 1 is 1.12 bits per heavy atom. The molecule has 1 fully saturated rings. The molecule has 1 aliphatic heterocycles. The Hall–Kier alpha value is -2.56. The molecule has 2 heterocycles. The van der Waals surface area contributed by atoms with Gasteiger partial charge in [0, 0.05) is 25.5 Å². The maximum atomic E-state index is 12.4. The standard InChI is InChI=1S/C21H26N2O3/c1-17-4-2-3-5-20(17)26-16-21(24)23-13-8-18(9-14-23)10-15-25-19-6-11-22-12-7-19/h2-7,11-12,18H,8-10,13-16H2,1H3. The summed E-state index contributed by atoms with van der Waals surface area (Å²) < 4.78 is 11.4. The van der Waals surface area contributed by atoms with Crippen LogP contribution >= 0.6 is 0 Å². The normalized spacial score (nSPS) is 14.9. The third-order valence-corrected chi connectivity index (χ3v) is 4.86. The molecule has 5 nitrogen and oxygen atoms in total. The Bertz CT molecular complexity index is 697. The number of rotatable bonds is 7. The van der Waals surface area contributed by atoms with E-state index in [1.165, 1.54) is 0 Å². The first kappa shape index (κ1) is 18.2. The molecule has 0 N–H and O–H groups in total. The lowest BCUT2D eigenvalue weighted by molar-refractivity contribution is -0.134. The topological polar surface area (TPSA) is 51.7 Å². The van der Waals surface area contributed by atoms with Crippen molar-refractivity contribution < 1.29 is 14.3 Å². The number of nitrogens with zero attached hydrogens (tertiary/aromatic N) is 2. The van der Waals surface area contributed by atoms with E-state index < -0.39 is 0 Å². The average molecular weight is 354 g/mol. The molecule has 0 spiro atoms. The lowest BCUT2D eigenvalue weighted by atomic mass is 9.94. The van der Waals surface area contributed by atoms with E-state index in [0.717, 1.165) is 49.4 Å². The van der Waals surface area contributed by atoms with Gasteiger partial charge in [0.1, 0.15) is 11.5 Å². The van der Waals surface area contributed by atoms with Crippen molar-refractivity contribution in [2.45, 2.75) is 26.2 Å². The van der Waals surface area contributed by atoms with Gasteiger partial charge in [0.05, 0.1) is 6.61 Å². The zero-order valence-electron chi connectivity index (χ0n) is 15.3. The highest BCUT2D eigenvalue weighted by atomic mass is 16.5. The van der Waals surface area contributed by atoms with Crippen molar-refractivity contribution >= 4 is 5.91 Å². The number of aryl methyl sites for hydroxylation is 1. The molecule has 26 heavy (non-hydrogen) atoms. The maximum Gasteiger partial charge on any atom is 0.260 e. The number of carbonyl (C=O) groups is 1. The lowest BCUT2D eigenvalue weighted by Crippen LogP contribution is -2.41. The monoisotopic (exact) mass is 354 g/mol. The van der Waals surface area contributed by atoms with Gasteiger partial charge in [-0.05, 0) is 55.9 Å². The molecule has 0 atom stereocenters. The molecular weight excluding hydrogens is 328 g/mol. The van der Waals surface area contributed by atoms with Crippen LogP contribution in [-0.2, 0) is 4.79 Å². The fourth-order valence-electron chi connectivity index (χ4n) is 3.20. The first-order valence-corrected chi connectivity index (χ1v) is 9.21. The number of aromatic nitrogens is 1. The summed E-state index contributed by atoms with van der Waals surface area (Å²) >= 11 is 0. The van der Waals surface area contributed by atoms with Crippen molar-refractivity contribution in [1.82, 2.24) is 9.88 Å². The number of amides is 1. The molecule has 0 bridgehead atoms. The summed E-state index contributed by atoms with van der Waals surface area (Å²) in [5, 5.41) is 0. The first-order valence-electron chi connectivity index (χ1n) is 9.21. The molecule has 0 aliphatic carbocycles. The molecule has 0 unspecified atom stereocenters. The molecular formula is C21H26N2O3. The SMILES string of the molecule is Cc1ccccc1OCC(=O)N1CCC(CCOc2ccncc2)CC1. The number of para-hydroxylation sites is 1. The second-order valence-electron chi connectivity index (χ2n) is 6.70. The zero-order valence-corrected chi connectivity index (χ0v) is 15.3. The first-order chi connectivity index (χ1) is 12.7. The van der Waals surface area contributed by atoms with Crippen LogP contribution in [0.5, 0.6) is 11.5 Å². The van der Waals surface area contributed by atoms with Crippen molar-refractivity contribution in [3.05, 3.63) is 54.4 Å². The number of benzene rings is 1. The second kappa shape index (κ2) is 9.22. The number of hydrogen-bond donors (Lipinski definition) is 0. The van der Waals surface area contributed by atoms with Gasteiger partial charge in [0.15, 0.2) is 6.61 Å². The summed E-state index contributed by atoms with van der Waals surface area (Å²) in [6.45, 7) is 4.41. The van der Waals surface area contributed by atoms with Crippen LogP contribution in [0.15, 0.2) is 48.8 Å². The summed E-state index contributed by atoms with van der Waals surface area (Å²) in [4.78, 5) is 18.3. The molecule has 1 aromatic heterocycles. The minimum absolute atomic E-state index is 0.0692. The van der Waals surface area contributed by atoms with Gasteiger partial charge < -0.3 is 14.4 Å². The van der Waals surface area contributed by atoms with Crippen LogP contribution in [0.3, 0.4) is 0 Å². The van der Waals surface area contributed by atoms with E-state index in [9.17, 15) is 4.79 Å². The Labute approximate surface area is 155 Å². The minimum Gasteiger partial charge on any atom is -0.493 e. The third kappa shape index (κ3) is 5.22. The zero-order chi connectivity index (χ0) is 18.2. The Kier molecular flexibility index (Phi) is 6.47. The smallest absolute Gasteiger partial charge is 0.260 e. The molecule has 2 aromatic rings. The van der Waals surface area contributed by atoms with Crippen molar-refractivity contribution in [3.8, 4) is 11.5 Å². The predicted molar refractivity (Wildman–Crippen MR) is 100 cm³/mol. The number of ether oxygens (including phenoxy) is 2. The quantitative estimate of drug-likeness (QED) is 0.764. The summed E-state index contributed by atoms with van der Waals surface area (Å²) in [6.07, 6.45) is 6.53. The van der Waals surface area contributed by atoms with Crippen molar-refractivity contribution in [2.24, 2.45) is 5.92 Å². The Balaban J connectivity index is 1.35. The highest BCUT2D eigenvalue weighted by Crippen LogP contribution is 2.22. The predicted octanol–water partition coefficient (Wildman–Crippen LogP) is 3.48. The molecule has 138 valence electrons. The summed E-state index contributed by atoms with van der Waals surface area (Å²) in [7, 11) is 0. The highest BCUT2D eigenvalue weighted by molar-refractivity contribution is 5.77. The summed E-state index contributed by atoms with van der Waals surface area (Å²) in [5.74, 6) is 2.32. The fourth-order valence-corrected chi connectivity index (χ4v) is 3.20. The number of piperidine rings is 1. The Morgan fingerprint density at radius 2 is 1.85 bits per heavy atom. The van der Waals surface area contributed by atoms with Crippen molar-refractivity contribution in [2.75, 3.05) is 26.3 Å². The maximum absolute atomic E-state index is 12.4. The van der Waals surface area contributed by atoms with Crippen molar-refractivity contribution in [3.63, 3.8) is 0 Å². The molecule has 0 saturated carbocycles. The van der Waals surface area contributed by atoms with Crippen LogP contribution < -0.4 is 9.47 Å². The molecule has 1 saturated heterocycles. The molecule has 5 heteroatoms. The molecule has 0 radical (unpaired) electrons. The van der Waals surface area contributed by atoms with Crippen molar-refractivity contribution in [1.29, 1.82) is 0 Å². The number of carbonyl (C=O) groups excluding carboxylic acids is 1. The van der Waals surface area contributed by atoms with Crippen LogP contribution in [0, 0.1) is 12.8 Å². The largest absolute Gasteiger partial charge is 0.493 e. The van der Waals surface area contributed by atoms with Gasteiger partial charge in [-0.3, -0.25) is 9.78 Å². The van der Waals surface area contributed by atoms with Crippen LogP contribution in [0.25, 0.3) is 0 Å². The van der Waals surface area contributed by atoms with Gasteiger partial charge in [-0.2, -0.15) is 0 Å². The fraction of sp³-hybridized carbons (Fsp3) is 0.429. The molecule has 1 aliphatic rings. The number of likely N-dealkylation sites (tertiary alicyclic amines) is 1. The van der Waals surface area contributed by atoms with Crippen LogP contribution in [0.2, 0.25) is 0 Å². The van der Waals surface area contributed by atoms with E-state index in [-0.39, 0.29) is 12.5 Å². The number of pyridine rings is 1. The third-order valence-electron chi connectivity index (χ3n) is 4.86. The van der Waals surface area contributed by atoms with Gasteiger partial charge in [0.25, 0.3) is 5.91 Å². The average Bonchev–Trinajstić information content (AvgIpc) is 2.68. The van der Waals surface area contributed by atoms with E-state index in [2.05, 4.69) is 4.98 Å². The number of hydrogen-bond acceptors (Lipinski definition) is 4. The van der Waals surface area contributed by atoms with Gasteiger partial charge in [-0.15, -0.1) is 0 Å². The van der Waals surface area contributed by atoms with Crippen LogP contribution in [-0.4, -0.2) is 42.1 Å². The second-order valence-corrected chi connectivity index (χ2v) is 6.70. The molecule has 1 amide bonds. The minimum atomic E-state index is 0.0692. The van der Waals surface area contributed by atoms with Gasteiger partial charge >= 0.3 is 0 Å².